The summed E-state index contributed by atoms with van der Waals surface area (Å²) >= 11 is 0. The zero-order valence-corrected chi connectivity index (χ0v) is 9.90. The van der Waals surface area contributed by atoms with Crippen molar-refractivity contribution in [2.24, 2.45) is 5.92 Å². The first-order chi connectivity index (χ1) is 8.00. The second-order valence-corrected chi connectivity index (χ2v) is 4.13. The Morgan fingerprint density at radius 3 is 2.65 bits per heavy atom. The molecule has 0 saturated heterocycles. The number of hydrogen-bond acceptors (Lipinski definition) is 2. The lowest BCUT2D eigenvalue weighted by atomic mass is 10.1. The molecule has 2 amide bonds. The summed E-state index contributed by atoms with van der Waals surface area (Å²) in [5.74, 6) is -0.434. The molecule has 5 heteroatoms. The van der Waals surface area contributed by atoms with Gasteiger partial charge < -0.3 is 15.7 Å². The van der Waals surface area contributed by atoms with Gasteiger partial charge in [-0.2, -0.15) is 0 Å². The van der Waals surface area contributed by atoms with Gasteiger partial charge in [-0.3, -0.25) is 0 Å². The first-order valence-corrected chi connectivity index (χ1v) is 5.48. The van der Waals surface area contributed by atoms with Crippen molar-refractivity contribution in [2.45, 2.75) is 20.0 Å². The quantitative estimate of drug-likeness (QED) is 0.753. The van der Waals surface area contributed by atoms with E-state index in [0.717, 1.165) is 0 Å². The number of rotatable bonds is 4. The van der Waals surface area contributed by atoms with E-state index in [-0.39, 0.29) is 18.2 Å². The minimum Gasteiger partial charge on any atom is -0.391 e. The minimum absolute atomic E-state index is 0.0590. The third kappa shape index (κ3) is 4.40. The SMILES string of the molecule is CC(C)C(O)CNC(=O)Nc1ccccc1F. The molecule has 0 heterocycles. The highest BCUT2D eigenvalue weighted by Gasteiger charge is 2.11. The Hall–Kier alpha value is -1.62. The summed E-state index contributed by atoms with van der Waals surface area (Å²) in [6.45, 7) is 3.83. The average molecular weight is 240 g/mol. The molecular weight excluding hydrogens is 223 g/mol. The van der Waals surface area contributed by atoms with E-state index in [0.29, 0.717) is 0 Å². The summed E-state index contributed by atoms with van der Waals surface area (Å²) in [5.41, 5.74) is 0.115. The fourth-order valence-electron chi connectivity index (χ4n) is 1.16. The minimum atomic E-state index is -0.610. The van der Waals surface area contributed by atoms with E-state index in [1.54, 1.807) is 12.1 Å². The fraction of sp³-hybridized carbons (Fsp3) is 0.417. The van der Waals surface area contributed by atoms with E-state index < -0.39 is 18.0 Å². The normalized spacial score (nSPS) is 12.3. The van der Waals surface area contributed by atoms with Crippen LogP contribution in [0.15, 0.2) is 24.3 Å². The largest absolute Gasteiger partial charge is 0.391 e. The smallest absolute Gasteiger partial charge is 0.319 e. The highest BCUT2D eigenvalue weighted by Crippen LogP contribution is 2.11. The van der Waals surface area contributed by atoms with Gasteiger partial charge in [-0.1, -0.05) is 26.0 Å². The van der Waals surface area contributed by atoms with Gasteiger partial charge in [0.1, 0.15) is 5.82 Å². The van der Waals surface area contributed by atoms with Crippen molar-refractivity contribution < 1.29 is 14.3 Å². The monoisotopic (exact) mass is 240 g/mol. The van der Waals surface area contributed by atoms with Gasteiger partial charge in [-0.15, -0.1) is 0 Å². The number of amides is 2. The molecular formula is C12H17FN2O2. The number of carbonyl (C=O) groups excluding carboxylic acids is 1. The molecule has 1 atom stereocenters. The molecule has 0 spiro atoms. The van der Waals surface area contributed by atoms with Gasteiger partial charge in [0.05, 0.1) is 11.8 Å². The van der Waals surface area contributed by atoms with E-state index in [2.05, 4.69) is 10.6 Å². The Balaban J connectivity index is 2.43. The highest BCUT2D eigenvalue weighted by atomic mass is 19.1. The maximum Gasteiger partial charge on any atom is 0.319 e. The van der Waals surface area contributed by atoms with Crippen LogP contribution in [0, 0.1) is 11.7 Å². The molecule has 0 aromatic heterocycles. The molecule has 1 aromatic carbocycles. The Morgan fingerprint density at radius 2 is 2.06 bits per heavy atom. The number of anilines is 1. The van der Waals surface area contributed by atoms with Crippen LogP contribution in [0.3, 0.4) is 0 Å². The molecule has 0 bridgehead atoms. The lowest BCUT2D eigenvalue weighted by Crippen LogP contribution is -2.37. The van der Waals surface area contributed by atoms with Crippen LogP contribution in [0.5, 0.6) is 0 Å². The van der Waals surface area contributed by atoms with Crippen LogP contribution < -0.4 is 10.6 Å². The average Bonchev–Trinajstić information content (AvgIpc) is 2.29. The third-order valence-electron chi connectivity index (χ3n) is 2.36. The van der Waals surface area contributed by atoms with Gasteiger partial charge in [0.25, 0.3) is 0 Å². The topological polar surface area (TPSA) is 61.4 Å². The summed E-state index contributed by atoms with van der Waals surface area (Å²) in [5, 5.41) is 14.3. The van der Waals surface area contributed by atoms with Gasteiger partial charge in [0.2, 0.25) is 0 Å². The van der Waals surface area contributed by atoms with Crippen LogP contribution in [0.25, 0.3) is 0 Å². The van der Waals surface area contributed by atoms with Crippen molar-refractivity contribution in [3.05, 3.63) is 30.1 Å². The molecule has 17 heavy (non-hydrogen) atoms. The van der Waals surface area contributed by atoms with Crippen molar-refractivity contribution >= 4 is 11.7 Å². The Kier molecular flexibility index (Phi) is 4.90. The van der Waals surface area contributed by atoms with Crippen LogP contribution in [-0.4, -0.2) is 23.8 Å². The molecule has 0 aliphatic heterocycles. The predicted molar refractivity (Wildman–Crippen MR) is 64.3 cm³/mol. The number of urea groups is 1. The molecule has 1 rings (SSSR count). The molecule has 0 aliphatic carbocycles. The molecule has 0 aliphatic rings. The lowest BCUT2D eigenvalue weighted by Gasteiger charge is -2.15. The molecule has 1 unspecified atom stereocenters. The number of halogens is 1. The Morgan fingerprint density at radius 1 is 1.41 bits per heavy atom. The van der Waals surface area contributed by atoms with Crippen LogP contribution in [-0.2, 0) is 0 Å². The predicted octanol–water partition coefficient (Wildman–Crippen LogP) is 1.96. The van der Waals surface area contributed by atoms with Gasteiger partial charge >= 0.3 is 6.03 Å². The van der Waals surface area contributed by atoms with Crippen molar-refractivity contribution in [3.63, 3.8) is 0 Å². The van der Waals surface area contributed by atoms with Gasteiger partial charge in [-0.05, 0) is 18.1 Å². The molecule has 1 aromatic rings. The number of hydrogen-bond donors (Lipinski definition) is 3. The highest BCUT2D eigenvalue weighted by molar-refractivity contribution is 5.89. The number of para-hydroxylation sites is 1. The van der Waals surface area contributed by atoms with E-state index in [9.17, 15) is 14.3 Å². The number of benzene rings is 1. The van der Waals surface area contributed by atoms with Crippen molar-refractivity contribution in [1.82, 2.24) is 5.32 Å². The third-order valence-corrected chi connectivity index (χ3v) is 2.36. The summed E-state index contributed by atoms with van der Waals surface area (Å²) in [4.78, 5) is 11.4. The first kappa shape index (κ1) is 13.4. The van der Waals surface area contributed by atoms with E-state index in [1.807, 2.05) is 13.8 Å². The van der Waals surface area contributed by atoms with Crippen molar-refractivity contribution in [2.75, 3.05) is 11.9 Å². The van der Waals surface area contributed by atoms with E-state index in [1.165, 1.54) is 12.1 Å². The number of aliphatic hydroxyl groups is 1. The standard InChI is InChI=1S/C12H17FN2O2/c1-8(2)11(16)7-14-12(17)15-10-6-4-3-5-9(10)13/h3-6,8,11,16H,7H2,1-2H3,(H2,14,15,17). The Bertz CT molecular complexity index is 383. The number of nitrogens with one attached hydrogen (secondary N) is 2. The molecule has 0 radical (unpaired) electrons. The molecule has 4 nitrogen and oxygen atoms in total. The second-order valence-electron chi connectivity index (χ2n) is 4.13. The van der Waals surface area contributed by atoms with Gasteiger partial charge in [0.15, 0.2) is 0 Å². The molecule has 0 fully saturated rings. The Labute approximate surface area is 99.8 Å². The lowest BCUT2D eigenvalue weighted by molar-refractivity contribution is 0.126. The van der Waals surface area contributed by atoms with E-state index in [4.69, 9.17) is 0 Å². The maximum atomic E-state index is 13.2. The van der Waals surface area contributed by atoms with Crippen molar-refractivity contribution in [3.8, 4) is 0 Å². The van der Waals surface area contributed by atoms with Crippen LogP contribution in [0.4, 0.5) is 14.9 Å². The molecule has 94 valence electrons. The second kappa shape index (κ2) is 6.20. The number of carbonyl (C=O) groups is 1. The van der Waals surface area contributed by atoms with Crippen LogP contribution in [0.1, 0.15) is 13.8 Å². The fourth-order valence-corrected chi connectivity index (χ4v) is 1.16. The van der Waals surface area contributed by atoms with Crippen LogP contribution in [0.2, 0.25) is 0 Å². The molecule has 3 N–H and O–H groups in total. The maximum absolute atomic E-state index is 13.2. The summed E-state index contributed by atoms with van der Waals surface area (Å²) in [6.07, 6.45) is -0.610. The summed E-state index contributed by atoms with van der Waals surface area (Å²) in [6, 6.07) is 5.37. The zero-order valence-electron chi connectivity index (χ0n) is 9.90. The van der Waals surface area contributed by atoms with Crippen molar-refractivity contribution in [1.29, 1.82) is 0 Å². The first-order valence-electron chi connectivity index (χ1n) is 5.48. The van der Waals surface area contributed by atoms with Gasteiger partial charge in [-0.25, -0.2) is 9.18 Å². The van der Waals surface area contributed by atoms with E-state index >= 15 is 0 Å². The summed E-state index contributed by atoms with van der Waals surface area (Å²) in [7, 11) is 0. The summed E-state index contributed by atoms with van der Waals surface area (Å²) < 4.78 is 13.2. The van der Waals surface area contributed by atoms with Crippen LogP contribution >= 0.6 is 0 Å². The van der Waals surface area contributed by atoms with Gasteiger partial charge in [0, 0.05) is 6.54 Å². The number of aliphatic hydroxyl groups excluding tert-OH is 1. The zero-order chi connectivity index (χ0) is 12.8. The molecule has 0 saturated carbocycles.